The second-order valence-corrected chi connectivity index (χ2v) is 8.80. The third kappa shape index (κ3) is 7.62. The molecule has 186 valence electrons. The van der Waals surface area contributed by atoms with Gasteiger partial charge in [-0.1, -0.05) is 61.8 Å². The van der Waals surface area contributed by atoms with Gasteiger partial charge in [-0.05, 0) is 47.2 Å². The molecule has 1 heterocycles. The number of carbonyl (C=O) groups excluding carboxylic acids is 1. The van der Waals surface area contributed by atoms with Crippen molar-refractivity contribution in [2.24, 2.45) is 0 Å². The molecule has 3 aromatic rings. The molecule has 0 bridgehead atoms. The van der Waals surface area contributed by atoms with Crippen molar-refractivity contribution < 1.29 is 22.7 Å². The number of nitrogens with one attached hydrogen (secondary N) is 1. The summed E-state index contributed by atoms with van der Waals surface area (Å²) in [5, 5.41) is 3.23. The number of anilines is 1. The first-order chi connectivity index (χ1) is 16.6. The quantitative estimate of drug-likeness (QED) is 0.352. The van der Waals surface area contributed by atoms with E-state index in [0.29, 0.717) is 40.9 Å². The minimum absolute atomic E-state index is 0.260. The van der Waals surface area contributed by atoms with Crippen LogP contribution in [0.4, 0.5) is 19.0 Å². The van der Waals surface area contributed by atoms with E-state index in [1.807, 2.05) is 24.3 Å². The number of nitrogens with zero attached hydrogens (tertiary/aromatic N) is 2. The molecule has 2 aromatic carbocycles. The van der Waals surface area contributed by atoms with Crippen molar-refractivity contribution in [1.29, 1.82) is 0 Å². The zero-order valence-corrected chi connectivity index (χ0v) is 20.5. The van der Waals surface area contributed by atoms with Crippen LogP contribution >= 0.6 is 11.6 Å². The minimum atomic E-state index is -4.77. The Hall–Kier alpha value is -3.26. The van der Waals surface area contributed by atoms with Crippen molar-refractivity contribution in [2.75, 3.05) is 18.9 Å². The van der Waals surface area contributed by atoms with Gasteiger partial charge in [0.2, 0.25) is 0 Å². The van der Waals surface area contributed by atoms with Crippen molar-refractivity contribution in [3.8, 4) is 5.75 Å². The first-order valence-corrected chi connectivity index (χ1v) is 11.5. The smallest absolute Gasteiger partial charge is 0.406 e. The van der Waals surface area contributed by atoms with Crippen molar-refractivity contribution in [2.45, 2.75) is 39.1 Å². The molecular formula is C26H27ClF3N3O2. The summed E-state index contributed by atoms with van der Waals surface area (Å²) in [5.74, 6) is 0.178. The van der Waals surface area contributed by atoms with Gasteiger partial charge in [-0.25, -0.2) is 4.98 Å². The molecule has 1 amide bonds. The molecule has 5 nitrogen and oxygen atoms in total. The fourth-order valence-electron chi connectivity index (χ4n) is 3.61. The van der Waals surface area contributed by atoms with Gasteiger partial charge < -0.3 is 15.0 Å². The lowest BCUT2D eigenvalue weighted by molar-refractivity contribution is -0.274. The highest BCUT2D eigenvalue weighted by molar-refractivity contribution is 6.31. The van der Waals surface area contributed by atoms with E-state index >= 15 is 0 Å². The van der Waals surface area contributed by atoms with Crippen LogP contribution in [0.25, 0.3) is 0 Å². The van der Waals surface area contributed by atoms with Crippen molar-refractivity contribution >= 4 is 23.3 Å². The zero-order valence-electron chi connectivity index (χ0n) is 19.7. The van der Waals surface area contributed by atoms with Crippen LogP contribution in [0.15, 0.2) is 60.8 Å². The molecule has 0 fully saturated rings. The van der Waals surface area contributed by atoms with Crippen LogP contribution < -0.4 is 10.1 Å². The molecule has 0 atom stereocenters. The van der Waals surface area contributed by atoms with Crippen LogP contribution in [0.2, 0.25) is 5.02 Å². The number of halogens is 4. The molecule has 0 aliphatic rings. The number of amides is 1. The predicted molar refractivity (Wildman–Crippen MR) is 131 cm³/mol. The first kappa shape index (κ1) is 26.3. The van der Waals surface area contributed by atoms with Crippen LogP contribution in [0.5, 0.6) is 5.75 Å². The monoisotopic (exact) mass is 505 g/mol. The number of ether oxygens (including phenoxy) is 1. The molecule has 0 spiro atoms. The highest BCUT2D eigenvalue weighted by atomic mass is 35.5. The molecule has 3 rings (SSSR count). The van der Waals surface area contributed by atoms with Crippen LogP contribution in [0, 0.1) is 0 Å². The Kier molecular flexibility index (Phi) is 8.62. The summed E-state index contributed by atoms with van der Waals surface area (Å²) in [7, 11) is 1.66. The highest BCUT2D eigenvalue weighted by Crippen LogP contribution is 2.25. The van der Waals surface area contributed by atoms with Gasteiger partial charge in [-0.15, -0.1) is 13.2 Å². The molecule has 1 aromatic heterocycles. The normalized spacial score (nSPS) is 11.4. The van der Waals surface area contributed by atoms with Crippen molar-refractivity contribution in [1.82, 2.24) is 9.88 Å². The SMILES string of the molecule is CNc1ncc(Cl)cc1C(=O)N(CCc1cccc(OC(F)(F)F)c1)Cc1ccc(C(C)C)cc1. The molecule has 0 saturated carbocycles. The number of pyridine rings is 1. The predicted octanol–water partition coefficient (Wildman–Crippen LogP) is 6.68. The van der Waals surface area contributed by atoms with E-state index in [4.69, 9.17) is 11.6 Å². The average Bonchev–Trinajstić information content (AvgIpc) is 2.80. The third-order valence-electron chi connectivity index (χ3n) is 5.43. The van der Waals surface area contributed by atoms with Gasteiger partial charge in [0.05, 0.1) is 10.6 Å². The van der Waals surface area contributed by atoms with E-state index in [9.17, 15) is 18.0 Å². The Morgan fingerprint density at radius 2 is 1.83 bits per heavy atom. The summed E-state index contributed by atoms with van der Waals surface area (Å²) < 4.78 is 41.8. The first-order valence-electron chi connectivity index (χ1n) is 11.1. The van der Waals surface area contributed by atoms with Gasteiger partial charge in [-0.2, -0.15) is 0 Å². The molecule has 9 heteroatoms. The van der Waals surface area contributed by atoms with E-state index in [1.165, 1.54) is 30.0 Å². The molecule has 0 radical (unpaired) electrons. The Morgan fingerprint density at radius 3 is 2.46 bits per heavy atom. The lowest BCUT2D eigenvalue weighted by Gasteiger charge is -2.24. The Bertz CT molecular complexity index is 1150. The molecule has 0 saturated heterocycles. The Labute approximate surface area is 207 Å². The van der Waals surface area contributed by atoms with E-state index in [1.54, 1.807) is 24.1 Å². The van der Waals surface area contributed by atoms with Gasteiger partial charge in [0.25, 0.3) is 5.91 Å². The zero-order chi connectivity index (χ0) is 25.6. The second-order valence-electron chi connectivity index (χ2n) is 8.37. The topological polar surface area (TPSA) is 54.5 Å². The molecule has 0 unspecified atom stereocenters. The molecule has 35 heavy (non-hydrogen) atoms. The maximum absolute atomic E-state index is 13.5. The van der Waals surface area contributed by atoms with Crippen LogP contribution in [0.1, 0.15) is 46.8 Å². The third-order valence-corrected chi connectivity index (χ3v) is 5.64. The van der Waals surface area contributed by atoms with Gasteiger partial charge in [0.1, 0.15) is 11.6 Å². The van der Waals surface area contributed by atoms with Gasteiger partial charge in [-0.3, -0.25) is 4.79 Å². The van der Waals surface area contributed by atoms with E-state index < -0.39 is 6.36 Å². The van der Waals surface area contributed by atoms with Crippen LogP contribution in [0.3, 0.4) is 0 Å². The summed E-state index contributed by atoms with van der Waals surface area (Å²) in [5.41, 5.74) is 3.04. The average molecular weight is 506 g/mol. The van der Waals surface area contributed by atoms with E-state index in [0.717, 1.165) is 5.56 Å². The Morgan fingerprint density at radius 1 is 1.11 bits per heavy atom. The van der Waals surface area contributed by atoms with E-state index in [-0.39, 0.29) is 18.2 Å². The largest absolute Gasteiger partial charge is 0.573 e. The lowest BCUT2D eigenvalue weighted by atomic mass is 10.0. The number of rotatable bonds is 9. The number of benzene rings is 2. The highest BCUT2D eigenvalue weighted by Gasteiger charge is 2.31. The summed E-state index contributed by atoms with van der Waals surface area (Å²) >= 11 is 6.11. The summed E-state index contributed by atoms with van der Waals surface area (Å²) in [6, 6.07) is 15.3. The van der Waals surface area contributed by atoms with Crippen LogP contribution in [-0.4, -0.2) is 35.7 Å². The second kappa shape index (κ2) is 11.4. The summed E-state index contributed by atoms with van der Waals surface area (Å²) in [4.78, 5) is 19.4. The number of alkyl halides is 3. The number of carbonyl (C=O) groups is 1. The maximum Gasteiger partial charge on any atom is 0.573 e. The molecular weight excluding hydrogens is 479 g/mol. The van der Waals surface area contributed by atoms with Crippen LogP contribution in [-0.2, 0) is 13.0 Å². The number of hydrogen-bond acceptors (Lipinski definition) is 4. The standard InChI is InChI=1S/C26H27ClF3N3O2/c1-17(2)20-9-7-19(8-10-20)16-33(25(34)23-14-21(27)15-32-24(23)31-3)12-11-18-5-4-6-22(13-18)35-26(28,29)30/h4-10,13-15,17H,11-12,16H2,1-3H3,(H,31,32). The maximum atomic E-state index is 13.5. The minimum Gasteiger partial charge on any atom is -0.406 e. The summed E-state index contributed by atoms with van der Waals surface area (Å²) in [6.07, 6.45) is -3.00. The van der Waals surface area contributed by atoms with Crippen molar-refractivity contribution in [3.63, 3.8) is 0 Å². The van der Waals surface area contributed by atoms with Crippen molar-refractivity contribution in [3.05, 3.63) is 88.1 Å². The van der Waals surface area contributed by atoms with Gasteiger partial charge in [0.15, 0.2) is 0 Å². The fourth-order valence-corrected chi connectivity index (χ4v) is 3.77. The fraction of sp³-hybridized carbons (Fsp3) is 0.308. The number of hydrogen-bond donors (Lipinski definition) is 1. The van der Waals surface area contributed by atoms with Gasteiger partial charge >= 0.3 is 6.36 Å². The lowest BCUT2D eigenvalue weighted by Crippen LogP contribution is -2.33. The summed E-state index contributed by atoms with van der Waals surface area (Å²) in [6.45, 7) is 4.78. The van der Waals surface area contributed by atoms with Gasteiger partial charge in [0, 0.05) is 26.3 Å². The Balaban J connectivity index is 1.86. The molecule has 0 aliphatic heterocycles. The molecule has 1 N–H and O–H groups in total. The molecule has 0 aliphatic carbocycles. The number of aromatic nitrogens is 1. The van der Waals surface area contributed by atoms with E-state index in [2.05, 4.69) is 28.9 Å².